The maximum atomic E-state index is 9.09. The number of hydrogen-bond donors (Lipinski definition) is 1. The highest BCUT2D eigenvalue weighted by atomic mass is 35.5. The number of rotatable bonds is 11. The molecule has 3 aromatic rings. The minimum absolute atomic E-state index is 0.159. The molecule has 0 fully saturated rings. The third kappa shape index (κ3) is 6.58. The summed E-state index contributed by atoms with van der Waals surface area (Å²) in [6, 6.07) is 15.6. The lowest BCUT2D eigenvalue weighted by molar-refractivity contribution is 0.296. The first-order chi connectivity index (χ1) is 15.1. The minimum atomic E-state index is 0.159. The molecular formula is C23H27ClN4O2S. The van der Waals surface area contributed by atoms with Gasteiger partial charge in [0.25, 0.3) is 0 Å². The number of aliphatic hydroxyl groups is 1. The number of benzene rings is 2. The third-order valence-electron chi connectivity index (χ3n) is 4.57. The van der Waals surface area contributed by atoms with Gasteiger partial charge in [-0.3, -0.25) is 9.47 Å². The number of aliphatic hydroxyl groups excluding tert-OH is 1. The van der Waals surface area contributed by atoms with Crippen LogP contribution in [0.15, 0.2) is 59.8 Å². The molecule has 0 radical (unpaired) electrons. The molecule has 6 nitrogen and oxygen atoms in total. The molecule has 0 saturated heterocycles. The summed E-state index contributed by atoms with van der Waals surface area (Å²) >= 11 is 7.81. The summed E-state index contributed by atoms with van der Waals surface area (Å²) in [6.45, 7) is 1.52. The second-order valence-corrected chi connectivity index (χ2v) is 8.48. The van der Waals surface area contributed by atoms with E-state index in [2.05, 4.69) is 27.2 Å². The molecule has 1 aromatic heterocycles. The Morgan fingerprint density at radius 1 is 1.19 bits per heavy atom. The molecular weight excluding hydrogens is 432 g/mol. The summed E-state index contributed by atoms with van der Waals surface area (Å²) in [4.78, 5) is 2.17. The second kappa shape index (κ2) is 11.9. The van der Waals surface area contributed by atoms with Gasteiger partial charge in [0.2, 0.25) is 0 Å². The Balaban J connectivity index is 1.74. The van der Waals surface area contributed by atoms with Crippen LogP contribution in [-0.2, 0) is 6.54 Å². The average Bonchev–Trinajstić information content (AvgIpc) is 3.16. The van der Waals surface area contributed by atoms with Crippen molar-refractivity contribution in [3.05, 3.63) is 71.0 Å². The van der Waals surface area contributed by atoms with E-state index in [4.69, 9.17) is 21.4 Å². The van der Waals surface area contributed by atoms with Crippen molar-refractivity contribution < 1.29 is 9.84 Å². The van der Waals surface area contributed by atoms with Gasteiger partial charge in [-0.1, -0.05) is 59.8 Å². The molecule has 0 unspecified atom stereocenters. The molecule has 0 aliphatic rings. The summed E-state index contributed by atoms with van der Waals surface area (Å²) in [6.07, 6.45) is 4.87. The first-order valence-corrected chi connectivity index (χ1v) is 11.4. The molecule has 164 valence electrons. The van der Waals surface area contributed by atoms with Crippen LogP contribution in [0.2, 0.25) is 5.02 Å². The van der Waals surface area contributed by atoms with Crippen LogP contribution in [0.4, 0.5) is 0 Å². The van der Waals surface area contributed by atoms with Crippen molar-refractivity contribution >= 4 is 29.4 Å². The topological polar surface area (TPSA) is 63.4 Å². The van der Waals surface area contributed by atoms with Crippen LogP contribution in [0.3, 0.4) is 0 Å². The van der Waals surface area contributed by atoms with Crippen LogP contribution < -0.4 is 4.74 Å². The molecule has 3 rings (SSSR count). The van der Waals surface area contributed by atoms with Gasteiger partial charge < -0.3 is 9.84 Å². The van der Waals surface area contributed by atoms with Gasteiger partial charge in [-0.05, 0) is 37.7 Å². The highest BCUT2D eigenvalue weighted by molar-refractivity contribution is 7.99. The monoisotopic (exact) mass is 458 g/mol. The van der Waals surface area contributed by atoms with Crippen molar-refractivity contribution in [1.82, 2.24) is 19.7 Å². The molecule has 0 atom stereocenters. The number of aromatic nitrogens is 3. The lowest BCUT2D eigenvalue weighted by Gasteiger charge is -2.16. The van der Waals surface area contributed by atoms with E-state index in [1.807, 2.05) is 60.1 Å². The van der Waals surface area contributed by atoms with Gasteiger partial charge >= 0.3 is 0 Å². The average molecular weight is 459 g/mol. The predicted molar refractivity (Wildman–Crippen MR) is 127 cm³/mol. The Labute approximate surface area is 192 Å². The molecule has 31 heavy (non-hydrogen) atoms. The summed E-state index contributed by atoms with van der Waals surface area (Å²) in [7, 11) is 3.72. The molecule has 0 amide bonds. The fourth-order valence-corrected chi connectivity index (χ4v) is 4.15. The third-order valence-corrected chi connectivity index (χ3v) is 5.82. The first-order valence-electron chi connectivity index (χ1n) is 10.0. The Kier molecular flexibility index (Phi) is 8.97. The van der Waals surface area contributed by atoms with Crippen LogP contribution >= 0.6 is 23.4 Å². The standard InChI is InChI=1S/C23H27ClN4O2S/c1-27(13-6-9-18-8-3-4-12-21(18)30-2)17-22-25-26-23(31-15-7-14-29)28(22)20-11-5-10-19(24)16-20/h3-6,8-12,16,29H,7,13-15,17H2,1-2H3/b9-6+. The Hall–Kier alpha value is -2.32. The first kappa shape index (κ1) is 23.3. The Morgan fingerprint density at radius 3 is 2.81 bits per heavy atom. The molecule has 0 spiro atoms. The Morgan fingerprint density at radius 2 is 2.03 bits per heavy atom. The van der Waals surface area contributed by atoms with Crippen LogP contribution in [-0.4, -0.2) is 57.8 Å². The van der Waals surface area contributed by atoms with Crippen LogP contribution in [0, 0.1) is 0 Å². The van der Waals surface area contributed by atoms with Gasteiger partial charge in [0.15, 0.2) is 11.0 Å². The van der Waals surface area contributed by atoms with E-state index < -0.39 is 0 Å². The highest BCUT2D eigenvalue weighted by Crippen LogP contribution is 2.25. The Bertz CT molecular complexity index is 1010. The van der Waals surface area contributed by atoms with E-state index in [1.165, 1.54) is 0 Å². The number of hydrogen-bond acceptors (Lipinski definition) is 6. The number of halogens is 1. The van der Waals surface area contributed by atoms with Crippen molar-refractivity contribution in [2.45, 2.75) is 18.1 Å². The fraction of sp³-hybridized carbons (Fsp3) is 0.304. The normalized spacial score (nSPS) is 11.5. The number of ether oxygens (including phenoxy) is 1. The van der Waals surface area contributed by atoms with Crippen LogP contribution in [0.25, 0.3) is 11.8 Å². The van der Waals surface area contributed by atoms with E-state index in [0.29, 0.717) is 18.0 Å². The molecule has 0 bridgehead atoms. The highest BCUT2D eigenvalue weighted by Gasteiger charge is 2.16. The summed E-state index contributed by atoms with van der Waals surface area (Å²) in [5.74, 6) is 2.46. The van der Waals surface area contributed by atoms with E-state index >= 15 is 0 Å². The number of para-hydroxylation sites is 1. The second-order valence-electron chi connectivity index (χ2n) is 6.98. The molecule has 0 saturated carbocycles. The molecule has 0 aliphatic carbocycles. The summed E-state index contributed by atoms with van der Waals surface area (Å²) < 4.78 is 7.44. The largest absolute Gasteiger partial charge is 0.496 e. The predicted octanol–water partition coefficient (Wildman–Crippen LogP) is 4.55. The van der Waals surface area contributed by atoms with Crippen molar-refractivity contribution in [3.63, 3.8) is 0 Å². The molecule has 8 heteroatoms. The van der Waals surface area contributed by atoms with E-state index in [9.17, 15) is 0 Å². The van der Waals surface area contributed by atoms with E-state index in [0.717, 1.165) is 40.3 Å². The van der Waals surface area contributed by atoms with Gasteiger partial charge in [-0.2, -0.15) is 0 Å². The summed E-state index contributed by atoms with van der Waals surface area (Å²) in [5, 5.41) is 19.4. The number of thioether (sulfide) groups is 1. The summed E-state index contributed by atoms with van der Waals surface area (Å²) in [5.41, 5.74) is 1.97. The van der Waals surface area contributed by atoms with Crippen molar-refractivity contribution in [2.75, 3.05) is 33.1 Å². The quantitative estimate of drug-likeness (QED) is 0.336. The van der Waals surface area contributed by atoms with Gasteiger partial charge in [0.05, 0.1) is 19.3 Å². The number of methoxy groups -OCH3 is 1. The van der Waals surface area contributed by atoms with Gasteiger partial charge in [-0.25, -0.2) is 0 Å². The zero-order valence-corrected chi connectivity index (χ0v) is 19.3. The molecule has 1 heterocycles. The molecule has 0 aliphatic heterocycles. The van der Waals surface area contributed by atoms with Crippen LogP contribution in [0.1, 0.15) is 17.8 Å². The lowest BCUT2D eigenvalue weighted by atomic mass is 10.2. The van der Waals surface area contributed by atoms with E-state index in [-0.39, 0.29) is 6.61 Å². The van der Waals surface area contributed by atoms with Crippen molar-refractivity contribution in [1.29, 1.82) is 0 Å². The van der Waals surface area contributed by atoms with E-state index in [1.54, 1.807) is 18.9 Å². The maximum absolute atomic E-state index is 9.09. The zero-order chi connectivity index (χ0) is 22.1. The number of likely N-dealkylation sites (N-methyl/N-ethyl adjacent to an activating group) is 1. The van der Waals surface area contributed by atoms with Crippen LogP contribution in [0.5, 0.6) is 5.75 Å². The maximum Gasteiger partial charge on any atom is 0.195 e. The zero-order valence-electron chi connectivity index (χ0n) is 17.7. The molecule has 2 aromatic carbocycles. The minimum Gasteiger partial charge on any atom is -0.496 e. The smallest absolute Gasteiger partial charge is 0.195 e. The number of nitrogens with zero attached hydrogens (tertiary/aromatic N) is 4. The lowest BCUT2D eigenvalue weighted by Crippen LogP contribution is -2.20. The van der Waals surface area contributed by atoms with Gasteiger partial charge in [0, 0.05) is 29.5 Å². The van der Waals surface area contributed by atoms with Crippen molar-refractivity contribution in [3.8, 4) is 11.4 Å². The molecule has 1 N–H and O–H groups in total. The fourth-order valence-electron chi connectivity index (χ4n) is 3.07. The van der Waals surface area contributed by atoms with Crippen molar-refractivity contribution in [2.24, 2.45) is 0 Å². The SMILES string of the molecule is COc1ccccc1/C=C/CN(C)Cc1nnc(SCCCO)n1-c1cccc(Cl)c1. The van der Waals surface area contributed by atoms with Gasteiger partial charge in [0.1, 0.15) is 5.75 Å². The van der Waals surface area contributed by atoms with Gasteiger partial charge in [-0.15, -0.1) is 10.2 Å².